The molecule has 0 unspecified atom stereocenters. The third-order valence-corrected chi connectivity index (χ3v) is 4.55. The number of piperazine rings is 1. The molecule has 0 aromatic carbocycles. The quantitative estimate of drug-likeness (QED) is 0.729. The normalized spacial score (nSPS) is 15.3. The van der Waals surface area contributed by atoms with E-state index in [1.54, 1.807) is 34.1 Å². The molecular weight excluding hydrogens is 389 g/mol. The minimum absolute atomic E-state index is 0.150. The van der Waals surface area contributed by atoms with Crippen molar-refractivity contribution in [2.45, 2.75) is 12.7 Å². The molecule has 0 saturated carbocycles. The molecule has 0 radical (unpaired) electrons. The number of furan rings is 1. The second kappa shape index (κ2) is 9.08. The van der Waals surface area contributed by atoms with E-state index in [2.05, 4.69) is 4.98 Å². The van der Waals surface area contributed by atoms with E-state index in [1.165, 1.54) is 18.5 Å². The first-order chi connectivity index (χ1) is 13.8. The molecule has 1 aliphatic heterocycles. The fourth-order valence-corrected chi connectivity index (χ4v) is 3.09. The second-order valence-electron chi connectivity index (χ2n) is 6.73. The van der Waals surface area contributed by atoms with E-state index in [0.29, 0.717) is 31.9 Å². The Morgan fingerprint density at radius 2 is 1.86 bits per heavy atom. The maximum absolute atomic E-state index is 12.9. The van der Waals surface area contributed by atoms with Gasteiger partial charge in [-0.25, -0.2) is 0 Å². The molecule has 2 amide bonds. The molecule has 3 rings (SSSR count). The third kappa shape index (κ3) is 6.05. The number of amides is 2. The first-order valence-corrected chi connectivity index (χ1v) is 9.11. The summed E-state index contributed by atoms with van der Waals surface area (Å²) in [5, 5.41) is 0. The highest BCUT2D eigenvalue weighted by Gasteiger charge is 2.34. The summed E-state index contributed by atoms with van der Waals surface area (Å²) >= 11 is 0. The van der Waals surface area contributed by atoms with Crippen LogP contribution >= 0.6 is 0 Å². The van der Waals surface area contributed by atoms with E-state index in [-0.39, 0.29) is 24.8 Å². The molecule has 2 aromatic rings. The highest BCUT2D eigenvalue weighted by Crippen LogP contribution is 2.19. The number of hydrogen-bond donors (Lipinski definition) is 0. The first kappa shape index (κ1) is 20.8. The largest absolute Gasteiger partial charge is 0.467 e. The van der Waals surface area contributed by atoms with Gasteiger partial charge in [-0.05, 0) is 24.3 Å². The summed E-state index contributed by atoms with van der Waals surface area (Å²) in [5.41, 5.74) is 0.340. The van der Waals surface area contributed by atoms with Gasteiger partial charge in [-0.15, -0.1) is 0 Å². The second-order valence-corrected chi connectivity index (χ2v) is 6.73. The number of carbonyl (C=O) groups is 2. The fourth-order valence-electron chi connectivity index (χ4n) is 3.09. The van der Waals surface area contributed by atoms with Gasteiger partial charge in [0.15, 0.2) is 0 Å². The average molecular weight is 410 g/mol. The summed E-state index contributed by atoms with van der Waals surface area (Å²) in [6.07, 6.45) is -1.62. The third-order valence-electron chi connectivity index (χ3n) is 4.55. The Bertz CT molecular complexity index is 804. The van der Waals surface area contributed by atoms with Crippen LogP contribution in [-0.2, 0) is 11.3 Å². The Morgan fingerprint density at radius 3 is 2.45 bits per heavy atom. The molecule has 29 heavy (non-hydrogen) atoms. The van der Waals surface area contributed by atoms with Crippen LogP contribution in [0.5, 0.6) is 0 Å². The fraction of sp³-hybridized carbons (Fsp3) is 0.421. The van der Waals surface area contributed by atoms with Crippen molar-refractivity contribution in [3.05, 3.63) is 54.2 Å². The van der Waals surface area contributed by atoms with Crippen LogP contribution in [0.4, 0.5) is 13.2 Å². The number of rotatable bonds is 6. The average Bonchev–Trinajstić information content (AvgIpc) is 3.20. The summed E-state index contributed by atoms with van der Waals surface area (Å²) in [7, 11) is 0. The first-order valence-electron chi connectivity index (χ1n) is 9.11. The summed E-state index contributed by atoms with van der Waals surface area (Å²) in [6.45, 7) is -0.202. The molecule has 0 bridgehead atoms. The van der Waals surface area contributed by atoms with Crippen LogP contribution in [0.15, 0.2) is 47.2 Å². The van der Waals surface area contributed by atoms with Gasteiger partial charge in [0.25, 0.3) is 5.91 Å². The lowest BCUT2D eigenvalue weighted by atomic mass is 10.2. The van der Waals surface area contributed by atoms with E-state index in [9.17, 15) is 22.8 Å². The van der Waals surface area contributed by atoms with Crippen molar-refractivity contribution >= 4 is 11.8 Å². The van der Waals surface area contributed by atoms with Crippen LogP contribution < -0.4 is 0 Å². The monoisotopic (exact) mass is 410 g/mol. The van der Waals surface area contributed by atoms with E-state index in [0.717, 1.165) is 4.90 Å². The molecule has 2 aromatic heterocycles. The van der Waals surface area contributed by atoms with Crippen molar-refractivity contribution in [3.8, 4) is 0 Å². The Morgan fingerprint density at radius 1 is 1.10 bits per heavy atom. The Balaban J connectivity index is 1.54. The molecule has 156 valence electrons. The van der Waals surface area contributed by atoms with Crippen molar-refractivity contribution in [1.82, 2.24) is 19.7 Å². The minimum atomic E-state index is -4.50. The minimum Gasteiger partial charge on any atom is -0.467 e. The van der Waals surface area contributed by atoms with E-state index >= 15 is 0 Å². The van der Waals surface area contributed by atoms with Gasteiger partial charge in [-0.2, -0.15) is 13.2 Å². The van der Waals surface area contributed by atoms with Crippen molar-refractivity contribution in [2.24, 2.45) is 0 Å². The molecule has 1 fully saturated rings. The van der Waals surface area contributed by atoms with Gasteiger partial charge in [0.1, 0.15) is 18.0 Å². The SMILES string of the molecule is O=C(CN1CCN(C(=O)c2ccccn2)CC1)N(Cc1ccco1)CC(F)(F)F. The number of hydrogen-bond acceptors (Lipinski definition) is 5. The summed E-state index contributed by atoms with van der Waals surface area (Å²) in [6, 6.07) is 8.16. The van der Waals surface area contributed by atoms with Crippen LogP contribution in [0.2, 0.25) is 0 Å². The lowest BCUT2D eigenvalue weighted by molar-refractivity contribution is -0.163. The summed E-state index contributed by atoms with van der Waals surface area (Å²) < 4.78 is 43.7. The molecule has 10 heteroatoms. The number of pyridine rings is 1. The van der Waals surface area contributed by atoms with Gasteiger partial charge < -0.3 is 14.2 Å². The zero-order valence-electron chi connectivity index (χ0n) is 15.6. The Labute approximate surface area is 165 Å². The smallest absolute Gasteiger partial charge is 0.406 e. The zero-order valence-corrected chi connectivity index (χ0v) is 15.6. The van der Waals surface area contributed by atoms with Crippen LogP contribution in [0.25, 0.3) is 0 Å². The number of alkyl halides is 3. The maximum atomic E-state index is 12.9. The molecule has 0 aliphatic carbocycles. The lowest BCUT2D eigenvalue weighted by Gasteiger charge is -2.35. The summed E-state index contributed by atoms with van der Waals surface area (Å²) in [5.74, 6) is -0.551. The highest BCUT2D eigenvalue weighted by atomic mass is 19.4. The predicted molar refractivity (Wildman–Crippen MR) is 96.8 cm³/mol. The number of aromatic nitrogens is 1. The van der Waals surface area contributed by atoms with Crippen LogP contribution in [0.3, 0.4) is 0 Å². The Hall–Kier alpha value is -2.88. The maximum Gasteiger partial charge on any atom is 0.406 e. The van der Waals surface area contributed by atoms with Gasteiger partial charge in [0.05, 0.1) is 19.4 Å². The molecule has 3 heterocycles. The number of nitrogens with zero attached hydrogens (tertiary/aromatic N) is 4. The van der Waals surface area contributed by atoms with Crippen molar-refractivity contribution in [2.75, 3.05) is 39.3 Å². The molecule has 0 spiro atoms. The van der Waals surface area contributed by atoms with Gasteiger partial charge in [-0.3, -0.25) is 19.5 Å². The predicted octanol–water partition coefficient (Wildman–Crippen LogP) is 2.02. The highest BCUT2D eigenvalue weighted by molar-refractivity contribution is 5.92. The zero-order chi connectivity index (χ0) is 20.9. The summed E-state index contributed by atoms with van der Waals surface area (Å²) in [4.78, 5) is 33.1. The molecular formula is C19H21F3N4O3. The van der Waals surface area contributed by atoms with Crippen molar-refractivity contribution in [1.29, 1.82) is 0 Å². The number of carbonyl (C=O) groups excluding carboxylic acids is 2. The number of halogens is 3. The molecule has 7 nitrogen and oxygen atoms in total. The van der Waals surface area contributed by atoms with E-state index in [4.69, 9.17) is 4.42 Å². The standard InChI is InChI=1S/C19H21F3N4O3/c20-19(21,22)14-26(12-15-4-3-11-29-15)17(27)13-24-7-9-25(10-8-24)18(28)16-5-1-2-6-23-16/h1-6,11H,7-10,12-14H2. The van der Waals surface area contributed by atoms with Crippen molar-refractivity contribution < 1.29 is 27.2 Å². The molecule has 1 saturated heterocycles. The Kier molecular flexibility index (Phi) is 6.53. The van der Waals surface area contributed by atoms with Crippen LogP contribution in [0, 0.1) is 0 Å². The molecule has 0 N–H and O–H groups in total. The van der Waals surface area contributed by atoms with E-state index in [1.807, 2.05) is 0 Å². The molecule has 0 atom stereocenters. The van der Waals surface area contributed by atoms with E-state index < -0.39 is 18.6 Å². The van der Waals surface area contributed by atoms with Gasteiger partial charge in [0, 0.05) is 32.4 Å². The van der Waals surface area contributed by atoms with Gasteiger partial charge in [0.2, 0.25) is 5.91 Å². The van der Waals surface area contributed by atoms with Crippen molar-refractivity contribution in [3.63, 3.8) is 0 Å². The van der Waals surface area contributed by atoms with Crippen LogP contribution in [0.1, 0.15) is 16.2 Å². The topological polar surface area (TPSA) is 69.9 Å². The lowest BCUT2D eigenvalue weighted by Crippen LogP contribution is -2.52. The van der Waals surface area contributed by atoms with Gasteiger partial charge in [-0.1, -0.05) is 6.07 Å². The van der Waals surface area contributed by atoms with Crippen LogP contribution in [-0.4, -0.2) is 76.9 Å². The van der Waals surface area contributed by atoms with Gasteiger partial charge >= 0.3 is 6.18 Å². The molecule has 1 aliphatic rings.